The third-order valence-electron chi connectivity index (χ3n) is 3.45. The van der Waals surface area contributed by atoms with Gasteiger partial charge in [0.1, 0.15) is 22.7 Å². The summed E-state index contributed by atoms with van der Waals surface area (Å²) in [6.07, 6.45) is 0. The van der Waals surface area contributed by atoms with Crippen molar-refractivity contribution in [2.45, 2.75) is 6.92 Å². The van der Waals surface area contributed by atoms with Crippen molar-refractivity contribution in [3.05, 3.63) is 53.3 Å². The number of aromatic hydroxyl groups is 1. The summed E-state index contributed by atoms with van der Waals surface area (Å²) in [7, 11) is 0. The minimum atomic E-state index is -1.21. The second-order valence-electron chi connectivity index (χ2n) is 4.91. The summed E-state index contributed by atoms with van der Waals surface area (Å²) in [5.41, 5.74) is 1.62. The van der Waals surface area contributed by atoms with Crippen molar-refractivity contribution < 1.29 is 19.4 Å². The van der Waals surface area contributed by atoms with Gasteiger partial charge in [0.25, 0.3) is 0 Å². The molecule has 0 saturated carbocycles. The van der Waals surface area contributed by atoms with Gasteiger partial charge < -0.3 is 14.6 Å². The Bertz CT molecular complexity index is 947. The molecule has 0 fully saturated rings. The van der Waals surface area contributed by atoms with Crippen molar-refractivity contribution in [2.24, 2.45) is 0 Å². The van der Waals surface area contributed by atoms with Crippen molar-refractivity contribution in [1.82, 2.24) is 0 Å². The van der Waals surface area contributed by atoms with Crippen LogP contribution in [-0.4, -0.2) is 16.2 Å². The third kappa shape index (κ3) is 2.07. The number of hydrogen-bond donors (Lipinski definition) is 2. The Kier molecular flexibility index (Phi) is 3.08. The van der Waals surface area contributed by atoms with Crippen LogP contribution in [0.5, 0.6) is 5.75 Å². The highest BCUT2D eigenvalue weighted by Crippen LogP contribution is 2.38. The average molecular weight is 293 g/mol. The number of aromatic carboxylic acids is 1. The van der Waals surface area contributed by atoms with Crippen LogP contribution < -0.4 is 0 Å². The number of carbonyl (C=O) groups is 1. The Labute approximate surface area is 125 Å². The first-order valence-corrected chi connectivity index (χ1v) is 6.51. The number of fused-ring (bicyclic) bond motifs is 1. The van der Waals surface area contributed by atoms with E-state index in [9.17, 15) is 9.90 Å². The largest absolute Gasteiger partial charge is 0.506 e. The van der Waals surface area contributed by atoms with Gasteiger partial charge in [-0.05, 0) is 36.8 Å². The fourth-order valence-electron chi connectivity index (χ4n) is 2.49. The molecule has 5 nitrogen and oxygen atoms in total. The van der Waals surface area contributed by atoms with Crippen LogP contribution in [0.1, 0.15) is 21.7 Å². The van der Waals surface area contributed by atoms with Gasteiger partial charge in [-0.3, -0.25) is 0 Å². The van der Waals surface area contributed by atoms with Crippen LogP contribution >= 0.6 is 0 Å². The van der Waals surface area contributed by atoms with Crippen molar-refractivity contribution in [2.75, 3.05) is 0 Å². The maximum absolute atomic E-state index is 11.2. The van der Waals surface area contributed by atoms with E-state index in [0.29, 0.717) is 33.4 Å². The normalized spacial score (nSPS) is 10.5. The van der Waals surface area contributed by atoms with E-state index in [4.69, 9.17) is 14.8 Å². The molecule has 2 aromatic carbocycles. The summed E-state index contributed by atoms with van der Waals surface area (Å²) in [6.45, 7) is 1.78. The van der Waals surface area contributed by atoms with Crippen LogP contribution in [0, 0.1) is 18.3 Å². The van der Waals surface area contributed by atoms with E-state index >= 15 is 0 Å². The first-order valence-electron chi connectivity index (χ1n) is 6.51. The molecule has 0 spiro atoms. The minimum absolute atomic E-state index is 0.187. The van der Waals surface area contributed by atoms with Crippen LogP contribution in [0.15, 0.2) is 40.8 Å². The van der Waals surface area contributed by atoms with Crippen LogP contribution in [0.2, 0.25) is 0 Å². The summed E-state index contributed by atoms with van der Waals surface area (Å²) in [5.74, 6) is -0.874. The maximum atomic E-state index is 11.2. The molecule has 0 amide bonds. The van der Waals surface area contributed by atoms with Gasteiger partial charge >= 0.3 is 5.97 Å². The van der Waals surface area contributed by atoms with Gasteiger partial charge in [0.05, 0.1) is 11.6 Å². The Hall–Kier alpha value is -3.26. The van der Waals surface area contributed by atoms with E-state index in [-0.39, 0.29) is 11.3 Å². The second-order valence-corrected chi connectivity index (χ2v) is 4.91. The number of aryl methyl sites for hydroxylation is 1. The molecule has 108 valence electrons. The number of benzene rings is 2. The molecule has 3 aromatic rings. The third-order valence-corrected chi connectivity index (χ3v) is 3.45. The van der Waals surface area contributed by atoms with Crippen LogP contribution in [0.25, 0.3) is 22.1 Å². The molecule has 1 aromatic heterocycles. The zero-order chi connectivity index (χ0) is 15.9. The quantitative estimate of drug-likeness (QED) is 0.751. The zero-order valence-electron chi connectivity index (χ0n) is 11.6. The molecule has 0 aliphatic carbocycles. The van der Waals surface area contributed by atoms with Gasteiger partial charge in [0.2, 0.25) is 0 Å². The van der Waals surface area contributed by atoms with E-state index in [1.807, 2.05) is 6.07 Å². The van der Waals surface area contributed by atoms with E-state index in [1.165, 1.54) is 6.07 Å². The molecule has 0 aliphatic rings. The number of carboxylic acid groups (broad SMARTS) is 1. The number of nitrogens with zero attached hydrogens (tertiary/aromatic N) is 1. The Morgan fingerprint density at radius 3 is 2.68 bits per heavy atom. The molecule has 2 N–H and O–H groups in total. The van der Waals surface area contributed by atoms with Gasteiger partial charge in [-0.2, -0.15) is 5.26 Å². The Balaban J connectivity index is 2.37. The number of para-hydroxylation sites is 1. The lowest BCUT2D eigenvalue weighted by Gasteiger charge is -2.09. The molecule has 0 saturated heterocycles. The molecule has 0 atom stereocenters. The molecule has 0 unspecified atom stereocenters. The SMILES string of the molecule is Cc1cc2c(-c3cccc(C(=O)O)c3O)cc(C#N)cc2o1. The molecule has 0 aliphatic heterocycles. The highest BCUT2D eigenvalue weighted by molar-refractivity contribution is 6.00. The molecule has 3 rings (SSSR count). The molecule has 5 heteroatoms. The summed E-state index contributed by atoms with van der Waals surface area (Å²) in [6, 6.07) is 11.5. The monoisotopic (exact) mass is 293 g/mol. The number of nitriles is 1. The van der Waals surface area contributed by atoms with Crippen LogP contribution in [0.4, 0.5) is 0 Å². The summed E-state index contributed by atoms with van der Waals surface area (Å²) in [4.78, 5) is 11.2. The average Bonchev–Trinajstić information content (AvgIpc) is 2.86. The summed E-state index contributed by atoms with van der Waals surface area (Å²) < 4.78 is 5.54. The van der Waals surface area contributed by atoms with Crippen molar-refractivity contribution in [3.8, 4) is 22.9 Å². The van der Waals surface area contributed by atoms with E-state index in [1.54, 1.807) is 37.3 Å². The van der Waals surface area contributed by atoms with Crippen molar-refractivity contribution in [3.63, 3.8) is 0 Å². The molecular formula is C17H11NO4. The highest BCUT2D eigenvalue weighted by Gasteiger charge is 2.17. The number of rotatable bonds is 2. The lowest BCUT2D eigenvalue weighted by atomic mass is 9.96. The molecule has 22 heavy (non-hydrogen) atoms. The molecule has 1 heterocycles. The van der Waals surface area contributed by atoms with Crippen molar-refractivity contribution in [1.29, 1.82) is 5.26 Å². The van der Waals surface area contributed by atoms with Gasteiger partial charge in [0.15, 0.2) is 0 Å². The molecule has 0 bridgehead atoms. The number of carboxylic acids is 1. The Morgan fingerprint density at radius 1 is 1.23 bits per heavy atom. The first kappa shape index (κ1) is 13.7. The summed E-state index contributed by atoms with van der Waals surface area (Å²) >= 11 is 0. The highest BCUT2D eigenvalue weighted by atomic mass is 16.4. The number of furan rings is 1. The van der Waals surface area contributed by atoms with E-state index in [2.05, 4.69) is 0 Å². The fraction of sp³-hybridized carbons (Fsp3) is 0.0588. The van der Waals surface area contributed by atoms with Gasteiger partial charge in [-0.1, -0.05) is 12.1 Å². The van der Waals surface area contributed by atoms with Gasteiger partial charge in [-0.25, -0.2) is 4.79 Å². The smallest absolute Gasteiger partial charge is 0.339 e. The predicted molar refractivity (Wildman–Crippen MR) is 79.7 cm³/mol. The lowest BCUT2D eigenvalue weighted by molar-refractivity contribution is 0.0694. The Morgan fingerprint density at radius 2 is 2.00 bits per heavy atom. The minimum Gasteiger partial charge on any atom is -0.506 e. The maximum Gasteiger partial charge on any atom is 0.339 e. The van der Waals surface area contributed by atoms with Crippen molar-refractivity contribution >= 4 is 16.9 Å². The van der Waals surface area contributed by atoms with Crippen LogP contribution in [-0.2, 0) is 0 Å². The van der Waals surface area contributed by atoms with Gasteiger partial charge in [0, 0.05) is 10.9 Å². The predicted octanol–water partition coefficient (Wildman–Crippen LogP) is 3.68. The summed E-state index contributed by atoms with van der Waals surface area (Å²) in [5, 5.41) is 29.2. The van der Waals surface area contributed by atoms with E-state index < -0.39 is 5.97 Å². The topological polar surface area (TPSA) is 94.5 Å². The fourth-order valence-corrected chi connectivity index (χ4v) is 2.49. The second kappa shape index (κ2) is 4.93. The lowest BCUT2D eigenvalue weighted by Crippen LogP contribution is -1.97. The number of phenols is 1. The van der Waals surface area contributed by atoms with Crippen LogP contribution in [0.3, 0.4) is 0 Å². The zero-order valence-corrected chi connectivity index (χ0v) is 11.6. The number of hydrogen-bond acceptors (Lipinski definition) is 4. The first-order chi connectivity index (χ1) is 10.5. The standard InChI is InChI=1S/C17H11NO4/c1-9-5-14-13(6-10(8-18)7-15(14)22-9)11-3-2-4-12(16(11)19)17(20)21/h2-7,19H,1H3,(H,20,21). The van der Waals surface area contributed by atoms with E-state index in [0.717, 1.165) is 0 Å². The molecular weight excluding hydrogens is 282 g/mol. The molecule has 0 radical (unpaired) electrons. The van der Waals surface area contributed by atoms with Gasteiger partial charge in [-0.15, -0.1) is 0 Å².